The highest BCUT2D eigenvalue weighted by molar-refractivity contribution is 5.44. The SMILES string of the molecule is CCCCCCCCOc1cc(C)c(O)c(C)c1. The molecule has 0 radical (unpaired) electrons. The molecule has 0 aliphatic carbocycles. The molecule has 0 aromatic heterocycles. The van der Waals surface area contributed by atoms with Crippen molar-refractivity contribution in [3.05, 3.63) is 23.3 Å². The second-order valence-electron chi connectivity index (χ2n) is 5.02. The molecular weight excluding hydrogens is 224 g/mol. The molecule has 0 aliphatic heterocycles. The molecule has 2 heteroatoms. The molecule has 0 spiro atoms. The number of aromatic hydroxyl groups is 1. The quantitative estimate of drug-likeness (QED) is 0.675. The van der Waals surface area contributed by atoms with E-state index in [1.165, 1.54) is 32.1 Å². The first-order chi connectivity index (χ1) is 8.65. The Bertz CT molecular complexity index is 335. The Morgan fingerprint density at radius 3 is 2.11 bits per heavy atom. The van der Waals surface area contributed by atoms with Crippen LogP contribution in [0.5, 0.6) is 11.5 Å². The lowest BCUT2D eigenvalue weighted by Crippen LogP contribution is -1.98. The van der Waals surface area contributed by atoms with Crippen molar-refractivity contribution in [1.82, 2.24) is 0 Å². The van der Waals surface area contributed by atoms with Crippen molar-refractivity contribution in [3.8, 4) is 11.5 Å². The maximum Gasteiger partial charge on any atom is 0.121 e. The summed E-state index contributed by atoms with van der Waals surface area (Å²) < 4.78 is 5.72. The minimum absolute atomic E-state index is 0.377. The van der Waals surface area contributed by atoms with Crippen LogP contribution in [0, 0.1) is 13.8 Å². The van der Waals surface area contributed by atoms with Crippen LogP contribution in [0.4, 0.5) is 0 Å². The zero-order chi connectivity index (χ0) is 13.4. The van der Waals surface area contributed by atoms with Gasteiger partial charge in [0.15, 0.2) is 0 Å². The van der Waals surface area contributed by atoms with Crippen molar-refractivity contribution in [3.63, 3.8) is 0 Å². The van der Waals surface area contributed by atoms with Crippen LogP contribution in [-0.4, -0.2) is 11.7 Å². The fourth-order valence-corrected chi connectivity index (χ4v) is 2.07. The average molecular weight is 250 g/mol. The summed E-state index contributed by atoms with van der Waals surface area (Å²) in [5, 5.41) is 9.67. The van der Waals surface area contributed by atoms with Gasteiger partial charge < -0.3 is 9.84 Å². The Morgan fingerprint density at radius 2 is 1.50 bits per heavy atom. The van der Waals surface area contributed by atoms with Gasteiger partial charge in [0.05, 0.1) is 6.61 Å². The second-order valence-corrected chi connectivity index (χ2v) is 5.02. The number of aryl methyl sites for hydroxylation is 2. The number of hydrogen-bond donors (Lipinski definition) is 1. The third kappa shape index (κ3) is 4.99. The van der Waals surface area contributed by atoms with Gasteiger partial charge in [0, 0.05) is 0 Å². The van der Waals surface area contributed by atoms with Gasteiger partial charge in [-0.15, -0.1) is 0 Å². The molecule has 1 rings (SSSR count). The zero-order valence-corrected chi connectivity index (χ0v) is 12.0. The molecule has 0 aliphatic rings. The Morgan fingerprint density at radius 1 is 0.944 bits per heavy atom. The van der Waals surface area contributed by atoms with Crippen LogP contribution in [0.2, 0.25) is 0 Å². The molecule has 0 unspecified atom stereocenters. The third-order valence-electron chi connectivity index (χ3n) is 3.23. The standard InChI is InChI=1S/C16H26O2/c1-4-5-6-7-8-9-10-18-15-11-13(2)16(17)14(3)12-15/h11-12,17H,4-10H2,1-3H3. The molecule has 0 atom stereocenters. The first kappa shape index (κ1) is 14.9. The van der Waals surface area contributed by atoms with Gasteiger partial charge in [0.2, 0.25) is 0 Å². The lowest BCUT2D eigenvalue weighted by Gasteiger charge is -2.10. The van der Waals surface area contributed by atoms with Gasteiger partial charge in [-0.1, -0.05) is 39.0 Å². The number of unbranched alkanes of at least 4 members (excludes halogenated alkanes) is 5. The van der Waals surface area contributed by atoms with E-state index in [1.54, 1.807) is 0 Å². The Kier molecular flexibility index (Phi) is 6.63. The highest BCUT2D eigenvalue weighted by atomic mass is 16.5. The minimum Gasteiger partial charge on any atom is -0.507 e. The number of phenols is 1. The number of phenolic OH excluding ortho intramolecular Hbond substituents is 1. The maximum atomic E-state index is 9.67. The number of ether oxygens (including phenoxy) is 1. The van der Waals surface area contributed by atoms with Gasteiger partial charge >= 0.3 is 0 Å². The lowest BCUT2D eigenvalue weighted by molar-refractivity contribution is 0.303. The van der Waals surface area contributed by atoms with Gasteiger partial charge in [0.1, 0.15) is 11.5 Å². The largest absolute Gasteiger partial charge is 0.507 e. The normalized spacial score (nSPS) is 10.6. The summed E-state index contributed by atoms with van der Waals surface area (Å²) >= 11 is 0. The summed E-state index contributed by atoms with van der Waals surface area (Å²) in [6.45, 7) is 6.81. The fourth-order valence-electron chi connectivity index (χ4n) is 2.07. The molecule has 0 saturated heterocycles. The highest BCUT2D eigenvalue weighted by Gasteiger charge is 2.03. The Balaban J connectivity index is 2.23. The van der Waals surface area contributed by atoms with Crippen LogP contribution in [-0.2, 0) is 0 Å². The summed E-state index contributed by atoms with van der Waals surface area (Å²) in [5.41, 5.74) is 1.76. The van der Waals surface area contributed by atoms with Gasteiger partial charge in [-0.25, -0.2) is 0 Å². The molecule has 1 N–H and O–H groups in total. The van der Waals surface area contributed by atoms with Crippen molar-refractivity contribution in [2.45, 2.75) is 59.3 Å². The molecule has 2 nitrogen and oxygen atoms in total. The first-order valence-electron chi connectivity index (χ1n) is 7.08. The molecule has 1 aromatic carbocycles. The van der Waals surface area contributed by atoms with E-state index in [0.29, 0.717) is 5.75 Å². The fraction of sp³-hybridized carbons (Fsp3) is 0.625. The van der Waals surface area contributed by atoms with Crippen molar-refractivity contribution in [2.75, 3.05) is 6.61 Å². The molecular formula is C16H26O2. The van der Waals surface area contributed by atoms with E-state index in [1.807, 2.05) is 26.0 Å². The van der Waals surface area contributed by atoms with Gasteiger partial charge in [-0.05, 0) is 43.5 Å². The molecule has 18 heavy (non-hydrogen) atoms. The van der Waals surface area contributed by atoms with Gasteiger partial charge in [-0.2, -0.15) is 0 Å². The van der Waals surface area contributed by atoms with Gasteiger partial charge in [-0.3, -0.25) is 0 Å². The second kappa shape index (κ2) is 8.02. The van der Waals surface area contributed by atoms with E-state index in [0.717, 1.165) is 29.9 Å². The molecule has 0 saturated carbocycles. The number of hydrogen-bond acceptors (Lipinski definition) is 2. The van der Waals surface area contributed by atoms with E-state index in [4.69, 9.17) is 4.74 Å². The van der Waals surface area contributed by atoms with Crippen LogP contribution < -0.4 is 4.74 Å². The molecule has 0 heterocycles. The van der Waals surface area contributed by atoms with Crippen LogP contribution >= 0.6 is 0 Å². The molecule has 0 amide bonds. The van der Waals surface area contributed by atoms with Crippen molar-refractivity contribution in [1.29, 1.82) is 0 Å². The lowest BCUT2D eigenvalue weighted by atomic mass is 10.1. The summed E-state index contributed by atoms with van der Waals surface area (Å²) in [5.74, 6) is 1.25. The van der Waals surface area contributed by atoms with E-state index < -0.39 is 0 Å². The monoisotopic (exact) mass is 250 g/mol. The van der Waals surface area contributed by atoms with Crippen molar-refractivity contribution >= 4 is 0 Å². The molecule has 0 bridgehead atoms. The van der Waals surface area contributed by atoms with Crippen LogP contribution in [0.15, 0.2) is 12.1 Å². The third-order valence-corrected chi connectivity index (χ3v) is 3.23. The molecule has 102 valence electrons. The van der Waals surface area contributed by atoms with E-state index in [2.05, 4.69) is 6.92 Å². The predicted molar refractivity (Wildman–Crippen MR) is 76.5 cm³/mol. The minimum atomic E-state index is 0.377. The summed E-state index contributed by atoms with van der Waals surface area (Å²) in [6, 6.07) is 3.80. The zero-order valence-electron chi connectivity index (χ0n) is 12.0. The molecule has 0 fully saturated rings. The summed E-state index contributed by atoms with van der Waals surface area (Å²) in [6.07, 6.45) is 7.65. The van der Waals surface area contributed by atoms with Gasteiger partial charge in [0.25, 0.3) is 0 Å². The Labute approximate surface area is 111 Å². The van der Waals surface area contributed by atoms with Crippen molar-refractivity contribution in [2.24, 2.45) is 0 Å². The summed E-state index contributed by atoms with van der Waals surface area (Å²) in [7, 11) is 0. The van der Waals surface area contributed by atoms with Crippen LogP contribution in [0.3, 0.4) is 0 Å². The maximum absolute atomic E-state index is 9.67. The number of benzene rings is 1. The Hall–Kier alpha value is -1.18. The predicted octanol–water partition coefficient (Wildman–Crippen LogP) is 4.75. The molecule has 1 aromatic rings. The van der Waals surface area contributed by atoms with E-state index in [-0.39, 0.29) is 0 Å². The first-order valence-corrected chi connectivity index (χ1v) is 7.08. The van der Waals surface area contributed by atoms with Crippen LogP contribution in [0.1, 0.15) is 56.6 Å². The number of rotatable bonds is 8. The van der Waals surface area contributed by atoms with E-state index >= 15 is 0 Å². The van der Waals surface area contributed by atoms with E-state index in [9.17, 15) is 5.11 Å². The smallest absolute Gasteiger partial charge is 0.121 e. The average Bonchev–Trinajstić information content (AvgIpc) is 2.34. The topological polar surface area (TPSA) is 29.5 Å². The van der Waals surface area contributed by atoms with Crippen molar-refractivity contribution < 1.29 is 9.84 Å². The summed E-state index contributed by atoms with van der Waals surface area (Å²) in [4.78, 5) is 0. The highest BCUT2D eigenvalue weighted by Crippen LogP contribution is 2.27. The van der Waals surface area contributed by atoms with Crippen LogP contribution in [0.25, 0.3) is 0 Å².